The zero-order valence-corrected chi connectivity index (χ0v) is 8.47. The normalized spacial score (nSPS) is 12.4. The summed E-state index contributed by atoms with van der Waals surface area (Å²) in [5, 5.41) is 8.53. The Bertz CT molecular complexity index is 287. The summed E-state index contributed by atoms with van der Waals surface area (Å²) < 4.78 is 6.21. The number of halogens is 1. The van der Waals surface area contributed by atoms with E-state index in [0.29, 0.717) is 6.42 Å². The lowest BCUT2D eigenvalue weighted by Crippen LogP contribution is -1.92. The molecule has 0 aliphatic rings. The summed E-state index contributed by atoms with van der Waals surface area (Å²) in [5.41, 5.74) is 0. The van der Waals surface area contributed by atoms with Crippen LogP contribution in [0.15, 0.2) is 21.2 Å². The molecule has 0 aliphatic heterocycles. The van der Waals surface area contributed by atoms with Crippen molar-refractivity contribution in [3.8, 4) is 6.07 Å². The molecule has 1 aromatic rings. The van der Waals surface area contributed by atoms with Crippen molar-refractivity contribution in [1.29, 1.82) is 5.26 Å². The molecule has 0 fully saturated rings. The topological polar surface area (TPSA) is 36.9 Å². The van der Waals surface area contributed by atoms with Gasteiger partial charge in [-0.1, -0.05) is 6.92 Å². The Balaban J connectivity index is 2.74. The molecule has 1 aromatic heterocycles. The minimum atomic E-state index is 0.237. The molecule has 64 valence electrons. The molecule has 1 unspecified atom stereocenters. The molecule has 1 atom stereocenters. The maximum absolute atomic E-state index is 8.53. The highest BCUT2D eigenvalue weighted by molar-refractivity contribution is 9.10. The van der Waals surface area contributed by atoms with Crippen LogP contribution in [0.4, 0.5) is 0 Å². The minimum absolute atomic E-state index is 0.237. The van der Waals surface area contributed by atoms with E-state index in [1.807, 2.05) is 6.07 Å². The SMILES string of the molecule is CCC(CC#N)c1cc(Br)co1. The van der Waals surface area contributed by atoms with Crippen LogP contribution >= 0.6 is 15.9 Å². The second-order valence-electron chi connectivity index (χ2n) is 2.63. The summed E-state index contributed by atoms with van der Waals surface area (Å²) in [5.74, 6) is 1.13. The summed E-state index contributed by atoms with van der Waals surface area (Å²) in [6, 6.07) is 4.07. The maximum atomic E-state index is 8.53. The molecule has 0 N–H and O–H groups in total. The number of hydrogen-bond donors (Lipinski definition) is 0. The first-order valence-electron chi connectivity index (χ1n) is 3.88. The third-order valence-electron chi connectivity index (χ3n) is 1.82. The highest BCUT2D eigenvalue weighted by atomic mass is 79.9. The van der Waals surface area contributed by atoms with Gasteiger partial charge in [0.2, 0.25) is 0 Å². The fourth-order valence-electron chi connectivity index (χ4n) is 1.10. The molecule has 0 aliphatic carbocycles. The van der Waals surface area contributed by atoms with Gasteiger partial charge in [-0.25, -0.2) is 0 Å². The summed E-state index contributed by atoms with van der Waals surface area (Å²) >= 11 is 3.30. The van der Waals surface area contributed by atoms with E-state index in [2.05, 4.69) is 28.9 Å². The Morgan fingerprint density at radius 3 is 2.92 bits per heavy atom. The molecule has 0 bridgehead atoms. The lowest BCUT2D eigenvalue weighted by molar-refractivity contribution is 0.456. The Labute approximate surface area is 80.3 Å². The number of nitriles is 1. The van der Waals surface area contributed by atoms with E-state index in [9.17, 15) is 0 Å². The van der Waals surface area contributed by atoms with Crippen LogP contribution in [0, 0.1) is 11.3 Å². The third kappa shape index (κ3) is 2.12. The van der Waals surface area contributed by atoms with Crippen molar-refractivity contribution in [2.75, 3.05) is 0 Å². The van der Waals surface area contributed by atoms with Crippen molar-refractivity contribution in [2.24, 2.45) is 0 Å². The summed E-state index contributed by atoms with van der Waals surface area (Å²) in [6.45, 7) is 2.05. The molecule has 0 saturated carbocycles. The van der Waals surface area contributed by atoms with E-state index in [1.165, 1.54) is 0 Å². The van der Waals surface area contributed by atoms with Gasteiger partial charge in [0.25, 0.3) is 0 Å². The van der Waals surface area contributed by atoms with Gasteiger partial charge < -0.3 is 4.42 Å². The Hall–Kier alpha value is -0.750. The predicted octanol–water partition coefficient (Wildman–Crippen LogP) is 3.45. The lowest BCUT2D eigenvalue weighted by atomic mass is 10.0. The predicted molar refractivity (Wildman–Crippen MR) is 49.7 cm³/mol. The Morgan fingerprint density at radius 2 is 2.50 bits per heavy atom. The van der Waals surface area contributed by atoms with Crippen LogP contribution < -0.4 is 0 Å². The monoisotopic (exact) mass is 227 g/mol. The first-order valence-corrected chi connectivity index (χ1v) is 4.68. The second-order valence-corrected chi connectivity index (χ2v) is 3.55. The molecular weight excluding hydrogens is 218 g/mol. The standard InChI is InChI=1S/C9H10BrNO/c1-2-7(3-4-11)9-5-8(10)6-12-9/h5-7H,2-3H2,1H3. The molecule has 0 aromatic carbocycles. The smallest absolute Gasteiger partial charge is 0.109 e. The molecule has 3 heteroatoms. The minimum Gasteiger partial charge on any atom is -0.468 e. The molecule has 1 rings (SSSR count). The fraction of sp³-hybridized carbons (Fsp3) is 0.444. The van der Waals surface area contributed by atoms with Gasteiger partial charge in [-0.05, 0) is 28.4 Å². The van der Waals surface area contributed by atoms with Crippen LogP contribution in [0.1, 0.15) is 31.4 Å². The average Bonchev–Trinajstić information content (AvgIpc) is 2.47. The van der Waals surface area contributed by atoms with E-state index >= 15 is 0 Å². The summed E-state index contributed by atoms with van der Waals surface area (Å²) in [6.07, 6.45) is 3.11. The van der Waals surface area contributed by atoms with Crippen LogP contribution in [0.3, 0.4) is 0 Å². The van der Waals surface area contributed by atoms with Crippen molar-refractivity contribution < 1.29 is 4.42 Å². The number of hydrogen-bond acceptors (Lipinski definition) is 2. The fourth-order valence-corrected chi connectivity index (χ4v) is 1.42. The zero-order valence-electron chi connectivity index (χ0n) is 6.88. The first-order chi connectivity index (χ1) is 5.77. The highest BCUT2D eigenvalue weighted by Crippen LogP contribution is 2.26. The van der Waals surface area contributed by atoms with Crippen LogP contribution in [0.5, 0.6) is 0 Å². The van der Waals surface area contributed by atoms with Gasteiger partial charge in [0.05, 0.1) is 10.5 Å². The second kappa shape index (κ2) is 4.32. The molecule has 0 amide bonds. The van der Waals surface area contributed by atoms with Gasteiger partial charge in [0.1, 0.15) is 12.0 Å². The van der Waals surface area contributed by atoms with Crippen LogP contribution in [-0.4, -0.2) is 0 Å². The van der Waals surface area contributed by atoms with Gasteiger partial charge in [-0.2, -0.15) is 5.26 Å². The number of nitrogens with zero attached hydrogens (tertiary/aromatic N) is 1. The van der Waals surface area contributed by atoms with E-state index < -0.39 is 0 Å². The van der Waals surface area contributed by atoms with Crippen LogP contribution in [0.2, 0.25) is 0 Å². The van der Waals surface area contributed by atoms with Gasteiger partial charge in [0.15, 0.2) is 0 Å². The van der Waals surface area contributed by atoms with Gasteiger partial charge in [0, 0.05) is 12.3 Å². The first kappa shape index (κ1) is 9.34. The van der Waals surface area contributed by atoms with E-state index in [4.69, 9.17) is 9.68 Å². The highest BCUT2D eigenvalue weighted by Gasteiger charge is 2.12. The maximum Gasteiger partial charge on any atom is 0.109 e. The molecule has 1 heterocycles. The molecule has 0 saturated heterocycles. The van der Waals surface area contributed by atoms with Crippen molar-refractivity contribution in [2.45, 2.75) is 25.7 Å². The molecular formula is C9H10BrNO. The Kier molecular flexibility index (Phi) is 3.36. The quantitative estimate of drug-likeness (QED) is 0.794. The van der Waals surface area contributed by atoms with Crippen molar-refractivity contribution >= 4 is 15.9 Å². The molecule has 0 radical (unpaired) electrons. The van der Waals surface area contributed by atoms with E-state index in [-0.39, 0.29) is 5.92 Å². The van der Waals surface area contributed by atoms with Crippen molar-refractivity contribution in [3.63, 3.8) is 0 Å². The van der Waals surface area contributed by atoms with Gasteiger partial charge >= 0.3 is 0 Å². The number of furan rings is 1. The van der Waals surface area contributed by atoms with Gasteiger partial charge in [-0.15, -0.1) is 0 Å². The largest absolute Gasteiger partial charge is 0.468 e. The lowest BCUT2D eigenvalue weighted by Gasteiger charge is -2.05. The third-order valence-corrected chi connectivity index (χ3v) is 2.24. The van der Waals surface area contributed by atoms with E-state index in [0.717, 1.165) is 16.7 Å². The van der Waals surface area contributed by atoms with Crippen molar-refractivity contribution in [1.82, 2.24) is 0 Å². The van der Waals surface area contributed by atoms with Gasteiger partial charge in [-0.3, -0.25) is 0 Å². The van der Waals surface area contributed by atoms with Crippen LogP contribution in [0.25, 0.3) is 0 Å². The molecule has 12 heavy (non-hydrogen) atoms. The summed E-state index contributed by atoms with van der Waals surface area (Å²) in [7, 11) is 0. The van der Waals surface area contributed by atoms with E-state index in [1.54, 1.807) is 6.26 Å². The number of rotatable bonds is 3. The van der Waals surface area contributed by atoms with Crippen molar-refractivity contribution in [3.05, 3.63) is 22.6 Å². The summed E-state index contributed by atoms with van der Waals surface area (Å²) in [4.78, 5) is 0. The van der Waals surface area contributed by atoms with Crippen LogP contribution in [-0.2, 0) is 0 Å². The zero-order chi connectivity index (χ0) is 8.97. The molecule has 0 spiro atoms. The molecule has 2 nitrogen and oxygen atoms in total. The Morgan fingerprint density at radius 1 is 1.75 bits per heavy atom. The average molecular weight is 228 g/mol.